The lowest BCUT2D eigenvalue weighted by Gasteiger charge is -2.23. The second-order valence-electron chi connectivity index (χ2n) is 6.66. The summed E-state index contributed by atoms with van der Waals surface area (Å²) < 4.78 is 5.16. The van der Waals surface area contributed by atoms with Gasteiger partial charge in [0.15, 0.2) is 0 Å². The van der Waals surface area contributed by atoms with E-state index in [0.29, 0.717) is 12.1 Å². The van der Waals surface area contributed by atoms with Gasteiger partial charge in [-0.1, -0.05) is 49.4 Å². The molecule has 0 bridgehead atoms. The Kier molecular flexibility index (Phi) is 5.56. The van der Waals surface area contributed by atoms with Gasteiger partial charge in [-0.05, 0) is 42.0 Å². The summed E-state index contributed by atoms with van der Waals surface area (Å²) in [7, 11) is 0. The molecule has 2 amide bonds. The van der Waals surface area contributed by atoms with Crippen molar-refractivity contribution < 1.29 is 14.3 Å². The van der Waals surface area contributed by atoms with E-state index in [1.54, 1.807) is 0 Å². The molecule has 1 heterocycles. The number of ether oxygens (including phenoxy) is 1. The zero-order valence-electron chi connectivity index (χ0n) is 14.9. The molecule has 5 nitrogen and oxygen atoms in total. The number of carbonyl (C=O) groups is 2. The summed E-state index contributed by atoms with van der Waals surface area (Å²) in [6.07, 6.45) is 1.12. The number of nitrogens with two attached hydrogens (primary N) is 1. The standard InChI is InChI=1S/C21H24N2O3/c1-2-16(17-9-6-10-18(22)12-17)13-20(24)23-19(14-26-21(23)25)11-15-7-4-3-5-8-15/h3-10,12,16,19H,2,11,13-14,22H2,1H3/t16-,19+/m1/s1. The molecule has 2 N–H and O–H groups in total. The number of amides is 2. The van der Waals surface area contributed by atoms with Gasteiger partial charge in [-0.25, -0.2) is 9.69 Å². The summed E-state index contributed by atoms with van der Waals surface area (Å²) in [5, 5.41) is 0. The van der Waals surface area contributed by atoms with E-state index in [2.05, 4.69) is 0 Å². The Bertz CT molecular complexity index is 776. The zero-order valence-corrected chi connectivity index (χ0v) is 14.9. The number of benzene rings is 2. The first-order valence-electron chi connectivity index (χ1n) is 8.96. The molecule has 26 heavy (non-hydrogen) atoms. The minimum Gasteiger partial charge on any atom is -0.447 e. The van der Waals surface area contributed by atoms with Crippen molar-refractivity contribution in [2.24, 2.45) is 0 Å². The first-order valence-corrected chi connectivity index (χ1v) is 8.96. The van der Waals surface area contributed by atoms with Crippen LogP contribution in [0, 0.1) is 0 Å². The highest BCUT2D eigenvalue weighted by Gasteiger charge is 2.38. The molecule has 1 fully saturated rings. The highest BCUT2D eigenvalue weighted by Crippen LogP contribution is 2.27. The van der Waals surface area contributed by atoms with E-state index in [9.17, 15) is 9.59 Å². The quantitative estimate of drug-likeness (QED) is 0.804. The first-order chi connectivity index (χ1) is 12.6. The molecule has 0 spiro atoms. The number of anilines is 1. The van der Waals surface area contributed by atoms with Crippen molar-refractivity contribution in [3.8, 4) is 0 Å². The lowest BCUT2D eigenvalue weighted by Crippen LogP contribution is -2.40. The molecule has 2 aromatic carbocycles. The number of rotatable bonds is 6. The van der Waals surface area contributed by atoms with Crippen molar-refractivity contribution in [3.05, 3.63) is 65.7 Å². The maximum absolute atomic E-state index is 12.9. The van der Waals surface area contributed by atoms with Crippen molar-refractivity contribution in [3.63, 3.8) is 0 Å². The summed E-state index contributed by atoms with van der Waals surface area (Å²) >= 11 is 0. The van der Waals surface area contributed by atoms with E-state index in [1.807, 2.05) is 61.5 Å². The van der Waals surface area contributed by atoms with Gasteiger partial charge in [-0.2, -0.15) is 0 Å². The summed E-state index contributed by atoms with van der Waals surface area (Å²) in [6.45, 7) is 2.28. The molecule has 0 unspecified atom stereocenters. The Hall–Kier alpha value is -2.82. The lowest BCUT2D eigenvalue weighted by molar-refractivity contribution is -0.129. The molecule has 1 saturated heterocycles. The van der Waals surface area contributed by atoms with Crippen molar-refractivity contribution in [1.82, 2.24) is 4.90 Å². The van der Waals surface area contributed by atoms with Crippen LogP contribution in [0.25, 0.3) is 0 Å². The largest absolute Gasteiger partial charge is 0.447 e. The van der Waals surface area contributed by atoms with Crippen LogP contribution in [0.5, 0.6) is 0 Å². The number of imide groups is 1. The fourth-order valence-corrected chi connectivity index (χ4v) is 3.42. The molecule has 0 aliphatic carbocycles. The average molecular weight is 352 g/mol. The number of carbonyl (C=O) groups excluding carboxylic acids is 2. The van der Waals surface area contributed by atoms with Gasteiger partial charge in [0.25, 0.3) is 0 Å². The van der Waals surface area contributed by atoms with Gasteiger partial charge in [-0.3, -0.25) is 4.79 Å². The van der Waals surface area contributed by atoms with Crippen molar-refractivity contribution >= 4 is 17.7 Å². The van der Waals surface area contributed by atoms with E-state index in [4.69, 9.17) is 10.5 Å². The number of nitrogen functional groups attached to an aromatic ring is 1. The highest BCUT2D eigenvalue weighted by atomic mass is 16.6. The molecule has 3 rings (SSSR count). The van der Waals surface area contributed by atoms with Gasteiger partial charge in [0.2, 0.25) is 5.91 Å². The predicted molar refractivity (Wildman–Crippen MR) is 101 cm³/mol. The van der Waals surface area contributed by atoms with Crippen LogP contribution < -0.4 is 5.73 Å². The van der Waals surface area contributed by atoms with Crippen LogP contribution in [0.3, 0.4) is 0 Å². The van der Waals surface area contributed by atoms with E-state index in [1.165, 1.54) is 4.90 Å². The number of cyclic esters (lactones) is 1. The normalized spacial score (nSPS) is 17.8. The van der Waals surface area contributed by atoms with Crippen LogP contribution in [-0.4, -0.2) is 29.5 Å². The summed E-state index contributed by atoms with van der Waals surface area (Å²) in [6, 6.07) is 17.2. The molecule has 1 aliphatic heterocycles. The highest BCUT2D eigenvalue weighted by molar-refractivity contribution is 5.94. The van der Waals surface area contributed by atoms with Crippen LogP contribution in [-0.2, 0) is 16.0 Å². The monoisotopic (exact) mass is 352 g/mol. The van der Waals surface area contributed by atoms with E-state index in [0.717, 1.165) is 17.5 Å². The fraction of sp³-hybridized carbons (Fsp3) is 0.333. The Labute approximate surface area is 153 Å². The van der Waals surface area contributed by atoms with Gasteiger partial charge < -0.3 is 10.5 Å². The number of nitrogens with zero attached hydrogens (tertiary/aromatic N) is 1. The second kappa shape index (κ2) is 8.04. The summed E-state index contributed by atoms with van der Waals surface area (Å²) in [5.74, 6) is -0.167. The van der Waals surface area contributed by atoms with Crippen molar-refractivity contribution in [2.45, 2.75) is 38.1 Å². The number of hydrogen-bond donors (Lipinski definition) is 1. The maximum Gasteiger partial charge on any atom is 0.416 e. The molecule has 0 aromatic heterocycles. The minimum absolute atomic E-state index is 0.0248. The third kappa shape index (κ3) is 4.04. The van der Waals surface area contributed by atoms with E-state index in [-0.39, 0.29) is 30.9 Å². The summed E-state index contributed by atoms with van der Waals surface area (Å²) in [4.78, 5) is 26.3. The molecule has 136 valence electrons. The molecule has 5 heteroatoms. The van der Waals surface area contributed by atoms with Crippen molar-refractivity contribution in [1.29, 1.82) is 0 Å². The van der Waals surface area contributed by atoms with E-state index >= 15 is 0 Å². The predicted octanol–water partition coefficient (Wildman–Crippen LogP) is 3.74. The third-order valence-corrected chi connectivity index (χ3v) is 4.84. The number of hydrogen-bond acceptors (Lipinski definition) is 4. The SMILES string of the molecule is CC[C@H](CC(=O)N1C(=O)OC[C@@H]1Cc1ccccc1)c1cccc(N)c1. The molecule has 1 aliphatic rings. The third-order valence-electron chi connectivity index (χ3n) is 4.84. The van der Waals surface area contributed by atoms with Gasteiger partial charge in [0, 0.05) is 12.1 Å². The Morgan fingerprint density at radius 1 is 1.23 bits per heavy atom. The average Bonchev–Trinajstić information content (AvgIpc) is 3.00. The van der Waals surface area contributed by atoms with Crippen molar-refractivity contribution in [2.75, 3.05) is 12.3 Å². The van der Waals surface area contributed by atoms with E-state index < -0.39 is 6.09 Å². The van der Waals surface area contributed by atoms with Crippen LogP contribution in [0.1, 0.15) is 36.8 Å². The Morgan fingerprint density at radius 3 is 2.69 bits per heavy atom. The van der Waals surface area contributed by atoms with Gasteiger partial charge in [0.1, 0.15) is 6.61 Å². The fourth-order valence-electron chi connectivity index (χ4n) is 3.42. The lowest BCUT2D eigenvalue weighted by atomic mass is 9.92. The first kappa shape index (κ1) is 18.0. The Balaban J connectivity index is 1.72. The van der Waals surface area contributed by atoms with Crippen LogP contribution in [0.15, 0.2) is 54.6 Å². The van der Waals surface area contributed by atoms with Gasteiger partial charge >= 0.3 is 6.09 Å². The molecular weight excluding hydrogens is 328 g/mol. The molecule has 0 radical (unpaired) electrons. The van der Waals surface area contributed by atoms with Gasteiger partial charge in [0.05, 0.1) is 6.04 Å². The summed E-state index contributed by atoms with van der Waals surface area (Å²) in [5.41, 5.74) is 8.64. The van der Waals surface area contributed by atoms with Crippen LogP contribution >= 0.6 is 0 Å². The smallest absolute Gasteiger partial charge is 0.416 e. The molecular formula is C21H24N2O3. The van der Waals surface area contributed by atoms with Gasteiger partial charge in [-0.15, -0.1) is 0 Å². The molecule has 2 aromatic rings. The maximum atomic E-state index is 12.9. The minimum atomic E-state index is -0.543. The Morgan fingerprint density at radius 2 is 2.00 bits per heavy atom. The topological polar surface area (TPSA) is 72.6 Å². The molecule has 0 saturated carbocycles. The molecule has 2 atom stereocenters. The van der Waals surface area contributed by atoms with Crippen LogP contribution in [0.2, 0.25) is 0 Å². The second-order valence-corrected chi connectivity index (χ2v) is 6.66. The zero-order chi connectivity index (χ0) is 18.5. The van der Waals surface area contributed by atoms with Crippen LogP contribution in [0.4, 0.5) is 10.5 Å².